The molecule has 1 aromatic rings. The van der Waals surface area contributed by atoms with E-state index in [1.54, 1.807) is 6.07 Å². The minimum Gasteiger partial charge on any atom is -0.368 e. The molecule has 28 heavy (non-hydrogen) atoms. The summed E-state index contributed by atoms with van der Waals surface area (Å²) in [7, 11) is 0. The van der Waals surface area contributed by atoms with Gasteiger partial charge in [0.15, 0.2) is 5.78 Å². The van der Waals surface area contributed by atoms with Gasteiger partial charge in [0.25, 0.3) is 0 Å². The Labute approximate surface area is 164 Å². The SMILES string of the molecule is N#Cc1cccc(N2CCN(C(=O)CCC3(C4CC4)NC(=O)CC3=O)CC2)c1. The summed E-state index contributed by atoms with van der Waals surface area (Å²) in [4.78, 5) is 40.8. The number of Topliss-reactive ketones (excluding diaryl/α,β-unsaturated/α-hetero) is 1. The van der Waals surface area contributed by atoms with Crippen molar-refractivity contribution in [3.8, 4) is 6.07 Å². The molecule has 1 aliphatic carbocycles. The zero-order chi connectivity index (χ0) is 19.7. The molecule has 1 atom stereocenters. The van der Waals surface area contributed by atoms with E-state index in [-0.39, 0.29) is 36.4 Å². The molecule has 2 saturated heterocycles. The summed E-state index contributed by atoms with van der Waals surface area (Å²) in [5.41, 5.74) is 0.828. The van der Waals surface area contributed by atoms with Crippen LogP contribution < -0.4 is 10.2 Å². The first kappa shape index (κ1) is 18.5. The van der Waals surface area contributed by atoms with Gasteiger partial charge in [-0.05, 0) is 43.4 Å². The number of amides is 2. The third-order valence-corrected chi connectivity index (χ3v) is 6.16. The van der Waals surface area contributed by atoms with Gasteiger partial charge in [-0.15, -0.1) is 0 Å². The maximum Gasteiger partial charge on any atom is 0.228 e. The second-order valence-electron chi connectivity index (χ2n) is 7.92. The van der Waals surface area contributed by atoms with Crippen molar-refractivity contribution in [1.29, 1.82) is 5.26 Å². The molecule has 2 heterocycles. The second-order valence-corrected chi connectivity index (χ2v) is 7.92. The summed E-state index contributed by atoms with van der Waals surface area (Å²) in [5.74, 6) is -0.0181. The molecule has 7 nitrogen and oxygen atoms in total. The van der Waals surface area contributed by atoms with Crippen LogP contribution in [0.25, 0.3) is 0 Å². The summed E-state index contributed by atoms with van der Waals surface area (Å²) in [6.45, 7) is 2.66. The summed E-state index contributed by atoms with van der Waals surface area (Å²) in [6.07, 6.45) is 2.53. The van der Waals surface area contributed by atoms with Gasteiger partial charge < -0.3 is 15.1 Å². The Bertz CT molecular complexity index is 849. The molecule has 2 amide bonds. The van der Waals surface area contributed by atoms with E-state index in [0.29, 0.717) is 38.2 Å². The van der Waals surface area contributed by atoms with Crippen LogP contribution in [-0.4, -0.2) is 54.2 Å². The minimum absolute atomic E-state index is 0.0411. The Morgan fingerprint density at radius 1 is 1.21 bits per heavy atom. The molecule has 0 spiro atoms. The van der Waals surface area contributed by atoms with E-state index in [2.05, 4.69) is 16.3 Å². The quantitative estimate of drug-likeness (QED) is 0.776. The van der Waals surface area contributed by atoms with Gasteiger partial charge in [0, 0.05) is 38.3 Å². The molecule has 7 heteroatoms. The molecule has 3 aliphatic rings. The monoisotopic (exact) mass is 380 g/mol. The van der Waals surface area contributed by atoms with Gasteiger partial charge in [0.05, 0.1) is 18.1 Å². The molecular formula is C21H24N4O3. The van der Waals surface area contributed by atoms with E-state index in [4.69, 9.17) is 5.26 Å². The van der Waals surface area contributed by atoms with Gasteiger partial charge in [-0.3, -0.25) is 14.4 Å². The fourth-order valence-electron chi connectivity index (χ4n) is 4.43. The fourth-order valence-corrected chi connectivity index (χ4v) is 4.43. The lowest BCUT2D eigenvalue weighted by molar-refractivity contribution is -0.132. The number of nitrogens with zero attached hydrogens (tertiary/aromatic N) is 3. The van der Waals surface area contributed by atoms with Crippen molar-refractivity contribution in [1.82, 2.24) is 10.2 Å². The van der Waals surface area contributed by atoms with E-state index >= 15 is 0 Å². The average Bonchev–Trinajstić information content (AvgIpc) is 3.52. The van der Waals surface area contributed by atoms with E-state index in [1.807, 2.05) is 23.1 Å². The van der Waals surface area contributed by atoms with Crippen molar-refractivity contribution in [2.24, 2.45) is 5.92 Å². The number of ketones is 1. The first-order chi connectivity index (χ1) is 13.5. The molecule has 0 aromatic heterocycles. The van der Waals surface area contributed by atoms with Crippen LogP contribution in [0, 0.1) is 17.2 Å². The Morgan fingerprint density at radius 3 is 2.57 bits per heavy atom. The van der Waals surface area contributed by atoms with Crippen LogP contribution in [-0.2, 0) is 14.4 Å². The number of carbonyl (C=O) groups excluding carboxylic acids is 3. The van der Waals surface area contributed by atoms with Gasteiger partial charge >= 0.3 is 0 Å². The van der Waals surface area contributed by atoms with Crippen molar-refractivity contribution in [2.45, 2.75) is 37.6 Å². The van der Waals surface area contributed by atoms with Crippen LogP contribution in [0.3, 0.4) is 0 Å². The lowest BCUT2D eigenvalue weighted by Gasteiger charge is -2.37. The van der Waals surface area contributed by atoms with Crippen LogP contribution in [0.1, 0.15) is 37.7 Å². The largest absolute Gasteiger partial charge is 0.368 e. The Morgan fingerprint density at radius 2 is 1.96 bits per heavy atom. The standard InChI is InChI=1S/C21H24N4O3/c22-14-15-2-1-3-17(12-15)24-8-10-25(11-9-24)20(28)6-7-21(16-4-5-16)18(26)13-19(27)23-21/h1-3,12,16H,4-11,13H2,(H,23,27). The van der Waals surface area contributed by atoms with Crippen molar-refractivity contribution in [2.75, 3.05) is 31.1 Å². The molecule has 4 rings (SSSR count). The molecule has 2 aliphatic heterocycles. The highest BCUT2D eigenvalue weighted by Gasteiger charge is 2.55. The Balaban J connectivity index is 1.32. The number of piperazine rings is 1. The van der Waals surface area contributed by atoms with Gasteiger partial charge in [0.1, 0.15) is 5.54 Å². The van der Waals surface area contributed by atoms with Gasteiger partial charge in [-0.1, -0.05) is 6.07 Å². The molecular weight excluding hydrogens is 356 g/mol. The zero-order valence-corrected chi connectivity index (χ0v) is 15.8. The highest BCUT2D eigenvalue weighted by Crippen LogP contribution is 2.45. The number of benzene rings is 1. The van der Waals surface area contributed by atoms with Crippen LogP contribution in [0.2, 0.25) is 0 Å². The average molecular weight is 380 g/mol. The number of hydrogen-bond acceptors (Lipinski definition) is 5. The number of carbonyl (C=O) groups is 3. The minimum atomic E-state index is -0.799. The van der Waals surface area contributed by atoms with Crippen molar-refractivity contribution >= 4 is 23.3 Å². The molecule has 1 unspecified atom stereocenters. The van der Waals surface area contributed by atoms with Crippen molar-refractivity contribution in [3.05, 3.63) is 29.8 Å². The lowest BCUT2D eigenvalue weighted by Crippen LogP contribution is -2.51. The van der Waals surface area contributed by atoms with E-state index in [9.17, 15) is 14.4 Å². The maximum absolute atomic E-state index is 12.7. The van der Waals surface area contributed by atoms with Crippen LogP contribution in [0.4, 0.5) is 5.69 Å². The Hall–Kier alpha value is -2.88. The predicted octanol–water partition coefficient (Wildman–Crippen LogP) is 1.22. The molecule has 146 valence electrons. The summed E-state index contributed by atoms with van der Waals surface area (Å²) < 4.78 is 0. The molecule has 1 saturated carbocycles. The highest BCUT2D eigenvalue weighted by atomic mass is 16.2. The topological polar surface area (TPSA) is 93.5 Å². The number of rotatable bonds is 5. The molecule has 3 fully saturated rings. The van der Waals surface area contributed by atoms with Crippen molar-refractivity contribution in [3.63, 3.8) is 0 Å². The van der Waals surface area contributed by atoms with E-state index < -0.39 is 5.54 Å². The summed E-state index contributed by atoms with van der Waals surface area (Å²) in [5, 5.41) is 11.9. The number of hydrogen-bond donors (Lipinski definition) is 1. The number of anilines is 1. The predicted molar refractivity (Wildman–Crippen MR) is 102 cm³/mol. The molecule has 1 N–H and O–H groups in total. The van der Waals surface area contributed by atoms with Crippen LogP contribution >= 0.6 is 0 Å². The maximum atomic E-state index is 12.7. The van der Waals surface area contributed by atoms with Crippen LogP contribution in [0.15, 0.2) is 24.3 Å². The molecule has 1 aromatic carbocycles. The third-order valence-electron chi connectivity index (χ3n) is 6.16. The van der Waals surface area contributed by atoms with Crippen molar-refractivity contribution < 1.29 is 14.4 Å². The lowest BCUT2D eigenvalue weighted by atomic mass is 9.85. The highest BCUT2D eigenvalue weighted by molar-refractivity contribution is 6.10. The smallest absolute Gasteiger partial charge is 0.228 e. The molecule has 0 radical (unpaired) electrons. The third kappa shape index (κ3) is 3.47. The van der Waals surface area contributed by atoms with E-state index in [1.165, 1.54) is 0 Å². The molecule has 0 bridgehead atoms. The summed E-state index contributed by atoms with van der Waals surface area (Å²) >= 11 is 0. The first-order valence-corrected chi connectivity index (χ1v) is 9.89. The van der Waals surface area contributed by atoms with Gasteiger partial charge in [0.2, 0.25) is 11.8 Å². The first-order valence-electron chi connectivity index (χ1n) is 9.89. The Kier molecular flexibility index (Phi) is 4.80. The second kappa shape index (κ2) is 7.27. The van der Waals surface area contributed by atoms with Gasteiger partial charge in [-0.25, -0.2) is 0 Å². The van der Waals surface area contributed by atoms with Gasteiger partial charge in [-0.2, -0.15) is 5.26 Å². The summed E-state index contributed by atoms with van der Waals surface area (Å²) in [6, 6.07) is 9.65. The number of nitriles is 1. The normalized spacial score (nSPS) is 24.8. The number of nitrogens with one attached hydrogen (secondary N) is 1. The van der Waals surface area contributed by atoms with Crippen LogP contribution in [0.5, 0.6) is 0 Å². The zero-order valence-electron chi connectivity index (χ0n) is 15.8. The fraction of sp³-hybridized carbons (Fsp3) is 0.524. The van der Waals surface area contributed by atoms with E-state index in [0.717, 1.165) is 18.5 Å².